The summed E-state index contributed by atoms with van der Waals surface area (Å²) in [6, 6.07) is 8.56. The monoisotopic (exact) mass is 341 g/mol. The molecule has 2 aliphatic heterocycles. The summed E-state index contributed by atoms with van der Waals surface area (Å²) in [6.07, 6.45) is 3.45. The first-order valence-electron chi connectivity index (χ1n) is 8.79. The van der Waals surface area contributed by atoms with Crippen molar-refractivity contribution in [1.82, 2.24) is 19.9 Å². The highest BCUT2D eigenvalue weighted by Gasteiger charge is 2.36. The van der Waals surface area contributed by atoms with E-state index in [0.29, 0.717) is 29.5 Å². The molecule has 0 saturated carbocycles. The number of carbonyl (C=O) groups excluding carboxylic acids is 1. The van der Waals surface area contributed by atoms with E-state index in [2.05, 4.69) is 27.4 Å². The van der Waals surface area contributed by atoms with Gasteiger partial charge in [-0.3, -0.25) is 4.90 Å². The maximum Gasteiger partial charge on any atom is 0.321 e. The Balaban J connectivity index is 1.52. The molecule has 7 heteroatoms. The van der Waals surface area contributed by atoms with Crippen molar-refractivity contribution in [1.29, 1.82) is 0 Å². The summed E-state index contributed by atoms with van der Waals surface area (Å²) in [5, 5.41) is 7.00. The number of para-hydroxylation sites is 1. The van der Waals surface area contributed by atoms with Crippen molar-refractivity contribution < 1.29 is 9.32 Å². The van der Waals surface area contributed by atoms with E-state index in [4.69, 9.17) is 4.52 Å². The van der Waals surface area contributed by atoms with Crippen LogP contribution >= 0.6 is 0 Å². The molecular formula is C18H23N5O2. The fourth-order valence-electron chi connectivity index (χ4n) is 3.88. The lowest BCUT2D eigenvalue weighted by atomic mass is 10.1. The van der Waals surface area contributed by atoms with Gasteiger partial charge in [0.2, 0.25) is 11.7 Å². The number of amides is 2. The predicted octanol–water partition coefficient (Wildman–Crippen LogP) is 2.75. The largest absolute Gasteiger partial charge is 0.339 e. The number of aromatic nitrogens is 2. The van der Waals surface area contributed by atoms with Gasteiger partial charge in [0.05, 0.1) is 5.69 Å². The Labute approximate surface area is 147 Å². The first-order chi connectivity index (χ1) is 12.1. The van der Waals surface area contributed by atoms with E-state index in [1.54, 1.807) is 6.92 Å². The summed E-state index contributed by atoms with van der Waals surface area (Å²) in [6.45, 7) is 3.32. The molecule has 1 aromatic carbocycles. The minimum Gasteiger partial charge on any atom is -0.339 e. The molecule has 2 fully saturated rings. The second-order valence-corrected chi connectivity index (χ2v) is 6.90. The van der Waals surface area contributed by atoms with Crippen molar-refractivity contribution in [3.63, 3.8) is 0 Å². The maximum absolute atomic E-state index is 12.8. The lowest BCUT2D eigenvalue weighted by molar-refractivity contribution is 0.200. The minimum absolute atomic E-state index is 0.0615. The van der Waals surface area contributed by atoms with Gasteiger partial charge >= 0.3 is 6.03 Å². The number of fused-ring (bicyclic) bond motifs is 2. The minimum atomic E-state index is -0.0615. The number of aryl methyl sites for hydroxylation is 1. The summed E-state index contributed by atoms with van der Waals surface area (Å²) in [4.78, 5) is 21.5. The van der Waals surface area contributed by atoms with Crippen LogP contribution in [0.25, 0.3) is 11.4 Å². The number of hydrogen-bond acceptors (Lipinski definition) is 5. The average Bonchev–Trinajstić information content (AvgIpc) is 3.11. The number of nitrogens with one attached hydrogen (secondary N) is 1. The Hall–Kier alpha value is -2.41. The summed E-state index contributed by atoms with van der Waals surface area (Å²) in [5.74, 6) is 0.991. The molecule has 0 unspecified atom stereocenters. The van der Waals surface area contributed by atoms with Crippen LogP contribution in [0.15, 0.2) is 28.8 Å². The Morgan fingerprint density at radius 1 is 1.24 bits per heavy atom. The third-order valence-electron chi connectivity index (χ3n) is 5.37. The number of likely N-dealkylation sites (N-methyl/N-ethyl adjacent to an activating group) is 1. The van der Waals surface area contributed by atoms with E-state index in [-0.39, 0.29) is 6.03 Å². The van der Waals surface area contributed by atoms with E-state index >= 15 is 0 Å². The number of nitrogens with zero attached hydrogens (tertiary/aromatic N) is 4. The summed E-state index contributed by atoms with van der Waals surface area (Å²) >= 11 is 0. The van der Waals surface area contributed by atoms with Gasteiger partial charge in [0.1, 0.15) is 0 Å². The van der Waals surface area contributed by atoms with Gasteiger partial charge in [-0.05, 0) is 38.4 Å². The summed E-state index contributed by atoms with van der Waals surface area (Å²) < 4.78 is 5.07. The molecule has 2 bridgehead atoms. The predicted molar refractivity (Wildman–Crippen MR) is 94.3 cm³/mol. The van der Waals surface area contributed by atoms with Gasteiger partial charge in [-0.1, -0.05) is 17.3 Å². The maximum atomic E-state index is 12.8. The second-order valence-electron chi connectivity index (χ2n) is 6.90. The fraction of sp³-hybridized carbons (Fsp3) is 0.500. The quantitative estimate of drug-likeness (QED) is 0.909. The van der Waals surface area contributed by atoms with E-state index in [1.165, 1.54) is 12.8 Å². The van der Waals surface area contributed by atoms with Gasteiger partial charge in [-0.2, -0.15) is 4.98 Å². The molecule has 4 rings (SSSR count). The standard InChI is InChI=1S/C18H23N5O2/c1-12-19-17(21-25-12)15-5-3-4-6-16(15)20-18(24)23-10-9-13-7-8-14(11-23)22(13)2/h3-6,13-14H,7-11H2,1-2H3,(H,20,24)/t13-,14+/m1/s1. The number of likely N-dealkylation sites (tertiary alicyclic amines) is 1. The molecule has 2 saturated heterocycles. The van der Waals surface area contributed by atoms with Crippen LogP contribution in [0.1, 0.15) is 25.2 Å². The van der Waals surface area contributed by atoms with Crippen molar-refractivity contribution in [2.24, 2.45) is 0 Å². The van der Waals surface area contributed by atoms with Crippen LogP contribution in [-0.2, 0) is 0 Å². The number of anilines is 1. The molecule has 0 radical (unpaired) electrons. The van der Waals surface area contributed by atoms with Crippen molar-refractivity contribution in [2.45, 2.75) is 38.3 Å². The van der Waals surface area contributed by atoms with Crippen LogP contribution in [0, 0.1) is 6.92 Å². The number of rotatable bonds is 2. The van der Waals surface area contributed by atoms with Gasteiger partial charge in [0.15, 0.2) is 0 Å². The number of benzene rings is 1. The molecule has 2 aliphatic rings. The molecule has 25 heavy (non-hydrogen) atoms. The zero-order valence-corrected chi connectivity index (χ0v) is 14.6. The van der Waals surface area contributed by atoms with E-state index in [1.807, 2.05) is 29.2 Å². The van der Waals surface area contributed by atoms with Crippen LogP contribution < -0.4 is 5.32 Å². The summed E-state index contributed by atoms with van der Waals surface area (Å²) in [5.41, 5.74) is 1.47. The number of carbonyl (C=O) groups is 1. The lowest BCUT2D eigenvalue weighted by Crippen LogP contribution is -2.41. The zero-order chi connectivity index (χ0) is 17.4. The molecule has 1 aromatic heterocycles. The van der Waals surface area contributed by atoms with Crippen molar-refractivity contribution in [3.05, 3.63) is 30.2 Å². The van der Waals surface area contributed by atoms with E-state index < -0.39 is 0 Å². The van der Waals surface area contributed by atoms with E-state index in [9.17, 15) is 4.79 Å². The van der Waals surface area contributed by atoms with Crippen molar-refractivity contribution in [2.75, 3.05) is 25.5 Å². The smallest absolute Gasteiger partial charge is 0.321 e. The zero-order valence-electron chi connectivity index (χ0n) is 14.6. The van der Waals surface area contributed by atoms with Crippen LogP contribution in [0.4, 0.5) is 10.5 Å². The highest BCUT2D eigenvalue weighted by Crippen LogP contribution is 2.30. The first-order valence-corrected chi connectivity index (χ1v) is 8.79. The van der Waals surface area contributed by atoms with Crippen LogP contribution in [0.5, 0.6) is 0 Å². The topological polar surface area (TPSA) is 74.5 Å². The van der Waals surface area contributed by atoms with Gasteiger partial charge in [-0.25, -0.2) is 4.79 Å². The van der Waals surface area contributed by atoms with Crippen LogP contribution in [0.3, 0.4) is 0 Å². The van der Waals surface area contributed by atoms with Gasteiger partial charge in [0.25, 0.3) is 0 Å². The molecular weight excluding hydrogens is 318 g/mol. The Kier molecular flexibility index (Phi) is 4.17. The molecule has 2 aromatic rings. The van der Waals surface area contributed by atoms with Crippen LogP contribution in [-0.4, -0.2) is 58.2 Å². The molecule has 0 aliphatic carbocycles. The molecule has 2 amide bonds. The molecule has 2 atom stereocenters. The molecule has 1 N–H and O–H groups in total. The summed E-state index contributed by atoms with van der Waals surface area (Å²) in [7, 11) is 2.18. The van der Waals surface area contributed by atoms with Gasteiger partial charge in [-0.15, -0.1) is 0 Å². The van der Waals surface area contributed by atoms with Gasteiger partial charge < -0.3 is 14.7 Å². The van der Waals surface area contributed by atoms with Crippen molar-refractivity contribution >= 4 is 11.7 Å². The molecule has 0 spiro atoms. The van der Waals surface area contributed by atoms with Crippen LogP contribution in [0.2, 0.25) is 0 Å². The first kappa shape index (κ1) is 16.1. The molecule has 7 nitrogen and oxygen atoms in total. The average molecular weight is 341 g/mol. The van der Waals surface area contributed by atoms with Gasteiger partial charge in [0, 0.05) is 37.7 Å². The Morgan fingerprint density at radius 2 is 2.04 bits per heavy atom. The molecule has 3 heterocycles. The highest BCUT2D eigenvalue weighted by molar-refractivity contribution is 5.93. The second kappa shape index (κ2) is 6.48. The number of urea groups is 1. The Bertz CT molecular complexity index is 774. The highest BCUT2D eigenvalue weighted by atomic mass is 16.5. The van der Waals surface area contributed by atoms with E-state index in [0.717, 1.165) is 25.1 Å². The Morgan fingerprint density at radius 3 is 2.84 bits per heavy atom. The lowest BCUT2D eigenvalue weighted by Gasteiger charge is -2.26. The fourth-order valence-corrected chi connectivity index (χ4v) is 3.88. The van der Waals surface area contributed by atoms with Crippen molar-refractivity contribution in [3.8, 4) is 11.4 Å². The third-order valence-corrected chi connectivity index (χ3v) is 5.37. The third kappa shape index (κ3) is 3.11. The molecule has 132 valence electrons. The normalized spacial score (nSPS) is 23.5. The SMILES string of the molecule is Cc1nc(-c2ccccc2NC(=O)N2CC[C@H]3CC[C@@H](C2)N3C)no1. The number of hydrogen-bond donors (Lipinski definition) is 1.